The zero-order chi connectivity index (χ0) is 19.3. The molecule has 4 rings (SSSR count). The van der Waals surface area contributed by atoms with E-state index in [-0.39, 0.29) is 5.92 Å². The highest BCUT2D eigenvalue weighted by atomic mass is 16.1. The highest BCUT2D eigenvalue weighted by Crippen LogP contribution is 2.43. The average molecular weight is 381 g/mol. The van der Waals surface area contributed by atoms with E-state index < -0.39 is 0 Å². The Kier molecular flexibility index (Phi) is 6.65. The maximum absolute atomic E-state index is 13.1. The van der Waals surface area contributed by atoms with Crippen molar-refractivity contribution < 1.29 is 9.59 Å². The van der Waals surface area contributed by atoms with Gasteiger partial charge in [-0.2, -0.15) is 0 Å². The van der Waals surface area contributed by atoms with Crippen LogP contribution in [0.5, 0.6) is 0 Å². The quantitative estimate of drug-likeness (QED) is 0.571. The zero-order valence-electron chi connectivity index (χ0n) is 17.3. The fraction of sp³-hybridized carbons (Fsp3) is 0.692. The number of aryl methyl sites for hydroxylation is 1. The number of carbonyl (C=O) groups is 2. The van der Waals surface area contributed by atoms with Crippen LogP contribution in [0.1, 0.15) is 101 Å². The molecule has 2 saturated carbocycles. The second-order valence-corrected chi connectivity index (χ2v) is 9.53. The van der Waals surface area contributed by atoms with Gasteiger partial charge in [-0.15, -0.1) is 0 Å². The number of fused-ring (bicyclic) bond motifs is 2. The Morgan fingerprint density at radius 2 is 1.50 bits per heavy atom. The maximum Gasteiger partial charge on any atom is 0.140 e. The van der Waals surface area contributed by atoms with Gasteiger partial charge in [0, 0.05) is 24.7 Å². The van der Waals surface area contributed by atoms with Crippen molar-refractivity contribution in [1.82, 2.24) is 0 Å². The molecule has 2 nitrogen and oxygen atoms in total. The van der Waals surface area contributed by atoms with Gasteiger partial charge in [-0.25, -0.2) is 0 Å². The highest BCUT2D eigenvalue weighted by Gasteiger charge is 2.36. The summed E-state index contributed by atoms with van der Waals surface area (Å²) in [6, 6.07) is 8.44. The zero-order valence-corrected chi connectivity index (χ0v) is 17.3. The molecule has 3 aliphatic carbocycles. The summed E-state index contributed by atoms with van der Waals surface area (Å²) in [7, 11) is 0. The van der Waals surface area contributed by atoms with Gasteiger partial charge >= 0.3 is 0 Å². The summed E-state index contributed by atoms with van der Waals surface area (Å²) in [5.41, 5.74) is 2.60. The van der Waals surface area contributed by atoms with Gasteiger partial charge in [0.15, 0.2) is 0 Å². The van der Waals surface area contributed by atoms with Crippen molar-refractivity contribution in [3.05, 3.63) is 35.4 Å². The topological polar surface area (TPSA) is 34.1 Å². The molecule has 0 radical (unpaired) electrons. The fourth-order valence-corrected chi connectivity index (χ4v) is 6.39. The first-order valence-corrected chi connectivity index (χ1v) is 11.9. The van der Waals surface area contributed by atoms with Crippen LogP contribution in [-0.4, -0.2) is 11.6 Å². The molecular weight excluding hydrogens is 344 g/mol. The molecule has 4 atom stereocenters. The van der Waals surface area contributed by atoms with E-state index in [2.05, 4.69) is 24.3 Å². The van der Waals surface area contributed by atoms with Crippen molar-refractivity contribution >= 4 is 11.6 Å². The van der Waals surface area contributed by atoms with Crippen LogP contribution in [0.2, 0.25) is 0 Å². The largest absolute Gasteiger partial charge is 0.299 e. The molecule has 0 aliphatic heterocycles. The molecule has 0 heterocycles. The normalized spacial score (nSPS) is 30.0. The summed E-state index contributed by atoms with van der Waals surface area (Å²) in [6.45, 7) is 0. The number of carbonyl (C=O) groups excluding carboxylic acids is 2. The van der Waals surface area contributed by atoms with E-state index >= 15 is 0 Å². The Morgan fingerprint density at radius 3 is 2.36 bits per heavy atom. The maximum atomic E-state index is 13.1. The van der Waals surface area contributed by atoms with Gasteiger partial charge in [0.1, 0.15) is 11.6 Å². The summed E-state index contributed by atoms with van der Waals surface area (Å²) in [5, 5.41) is 0. The molecule has 2 heteroatoms. The second-order valence-electron chi connectivity index (χ2n) is 9.53. The second kappa shape index (κ2) is 9.37. The number of ketones is 2. The minimum absolute atomic E-state index is 0.0701. The molecule has 0 spiro atoms. The van der Waals surface area contributed by atoms with Gasteiger partial charge in [-0.3, -0.25) is 9.59 Å². The van der Waals surface area contributed by atoms with E-state index in [1.165, 1.54) is 56.1 Å². The Hall–Kier alpha value is -1.44. The van der Waals surface area contributed by atoms with Crippen LogP contribution in [-0.2, 0) is 16.0 Å². The summed E-state index contributed by atoms with van der Waals surface area (Å²) in [4.78, 5) is 25.9. The molecule has 0 amide bonds. The smallest absolute Gasteiger partial charge is 0.140 e. The fourth-order valence-electron chi connectivity index (χ4n) is 6.39. The van der Waals surface area contributed by atoms with Crippen LogP contribution in [0.15, 0.2) is 24.3 Å². The van der Waals surface area contributed by atoms with Gasteiger partial charge in [-0.1, -0.05) is 62.8 Å². The summed E-state index contributed by atoms with van der Waals surface area (Å²) >= 11 is 0. The number of Topliss-reactive ketones (excluding diaryl/α,β-unsaturated/α-hetero) is 2. The average Bonchev–Trinajstić information content (AvgIpc) is 2.96. The van der Waals surface area contributed by atoms with Crippen molar-refractivity contribution in [2.45, 2.75) is 95.8 Å². The van der Waals surface area contributed by atoms with Crippen molar-refractivity contribution in [3.63, 3.8) is 0 Å². The first-order valence-electron chi connectivity index (χ1n) is 11.9. The van der Waals surface area contributed by atoms with Crippen LogP contribution < -0.4 is 0 Å². The Morgan fingerprint density at radius 1 is 0.786 bits per heavy atom. The Labute approximate surface area is 170 Å². The van der Waals surface area contributed by atoms with Crippen molar-refractivity contribution in [3.8, 4) is 0 Å². The molecule has 3 aliphatic rings. The van der Waals surface area contributed by atoms with Gasteiger partial charge in [0.25, 0.3) is 0 Å². The summed E-state index contributed by atoms with van der Waals surface area (Å²) < 4.78 is 0. The van der Waals surface area contributed by atoms with Crippen molar-refractivity contribution in [1.29, 1.82) is 0 Å². The minimum Gasteiger partial charge on any atom is -0.299 e. The minimum atomic E-state index is 0.0701. The van der Waals surface area contributed by atoms with Crippen molar-refractivity contribution in [2.24, 2.45) is 17.8 Å². The van der Waals surface area contributed by atoms with Gasteiger partial charge < -0.3 is 0 Å². The van der Waals surface area contributed by atoms with Gasteiger partial charge in [-0.05, 0) is 61.5 Å². The number of hydrogen-bond acceptors (Lipinski definition) is 2. The van der Waals surface area contributed by atoms with E-state index in [4.69, 9.17) is 0 Å². The molecule has 0 aromatic heterocycles. The molecule has 0 saturated heterocycles. The molecule has 28 heavy (non-hydrogen) atoms. The third-order valence-corrected chi connectivity index (χ3v) is 7.84. The lowest BCUT2D eigenvalue weighted by molar-refractivity contribution is -0.126. The number of benzene rings is 1. The third-order valence-electron chi connectivity index (χ3n) is 7.84. The van der Waals surface area contributed by atoms with Gasteiger partial charge in [0.2, 0.25) is 0 Å². The van der Waals surface area contributed by atoms with Crippen LogP contribution >= 0.6 is 0 Å². The van der Waals surface area contributed by atoms with Crippen LogP contribution in [0.3, 0.4) is 0 Å². The number of hydrogen-bond donors (Lipinski definition) is 0. The van der Waals surface area contributed by atoms with Crippen molar-refractivity contribution in [2.75, 3.05) is 0 Å². The standard InChI is InChI=1S/C26H36O2/c27-25(23-15-6-3-10-19-9-1-4-13-21(19)23)17-8-18-26(28)24-16-7-12-20-11-2-5-14-22(20)24/h2,5,11,14,19,21,23-24H,1,3-4,6-10,12-13,15-18H2. The van der Waals surface area contributed by atoms with Crippen LogP contribution in [0.25, 0.3) is 0 Å². The molecule has 1 aromatic rings. The molecule has 2 fully saturated rings. The monoisotopic (exact) mass is 380 g/mol. The Balaban J connectivity index is 1.31. The summed E-state index contributed by atoms with van der Waals surface area (Å²) in [6.07, 6.45) is 15.4. The predicted molar refractivity (Wildman–Crippen MR) is 113 cm³/mol. The molecule has 152 valence electrons. The van der Waals surface area contributed by atoms with E-state index in [1.807, 2.05) is 0 Å². The number of rotatable bonds is 6. The molecule has 0 bridgehead atoms. The molecular formula is C26H36O2. The third kappa shape index (κ3) is 4.42. The van der Waals surface area contributed by atoms with Crippen LogP contribution in [0, 0.1) is 17.8 Å². The van der Waals surface area contributed by atoms with E-state index in [0.29, 0.717) is 36.2 Å². The van der Waals surface area contributed by atoms with Crippen LogP contribution in [0.4, 0.5) is 0 Å². The SMILES string of the molecule is O=C(CCCC(=O)C1CCCCC2CCCCC21)C1CCCc2ccccc21. The van der Waals surface area contributed by atoms with Gasteiger partial charge in [0.05, 0.1) is 0 Å². The lowest BCUT2D eigenvalue weighted by Crippen LogP contribution is -2.30. The first-order chi connectivity index (χ1) is 13.7. The molecule has 1 aromatic carbocycles. The van der Waals surface area contributed by atoms with E-state index in [9.17, 15) is 9.59 Å². The lowest BCUT2D eigenvalue weighted by atomic mass is 9.70. The first kappa shape index (κ1) is 19.9. The Bertz CT molecular complexity index is 691. The van der Waals surface area contributed by atoms with E-state index in [0.717, 1.165) is 38.0 Å². The lowest BCUT2D eigenvalue weighted by Gasteiger charge is -2.34. The molecule has 0 N–H and O–H groups in total. The molecule has 4 unspecified atom stereocenters. The predicted octanol–water partition coefficient (Wildman–Crippen LogP) is 6.41. The van der Waals surface area contributed by atoms with E-state index in [1.54, 1.807) is 0 Å². The summed E-state index contributed by atoms with van der Waals surface area (Å²) in [5.74, 6) is 2.63. The highest BCUT2D eigenvalue weighted by molar-refractivity contribution is 5.87.